The van der Waals surface area contributed by atoms with Crippen molar-refractivity contribution in [2.45, 2.75) is 11.6 Å². The summed E-state index contributed by atoms with van der Waals surface area (Å²) in [6.45, 7) is 0. The quantitative estimate of drug-likeness (QED) is 0.114. The smallest absolute Gasteiger partial charge is 0.157 e. The highest BCUT2D eigenvalue weighted by Crippen LogP contribution is 2.41. The van der Waals surface area contributed by atoms with Crippen LogP contribution in [0.4, 0.5) is 11.4 Å². The van der Waals surface area contributed by atoms with E-state index >= 15 is 0 Å². The van der Waals surface area contributed by atoms with Gasteiger partial charge in [0, 0.05) is 0 Å². The molecule has 0 aliphatic carbocycles. The van der Waals surface area contributed by atoms with E-state index in [1.807, 2.05) is 152 Å². The Hall–Kier alpha value is -6.26. The second-order valence-electron chi connectivity index (χ2n) is 11.1. The second kappa shape index (κ2) is 16.3. The van der Waals surface area contributed by atoms with Gasteiger partial charge in [0.1, 0.15) is 6.04 Å². The van der Waals surface area contributed by atoms with E-state index in [0.717, 1.165) is 39.2 Å². The van der Waals surface area contributed by atoms with E-state index < -0.39 is 5.54 Å². The monoisotopic (exact) mass is 620 g/mol. The average molecular weight is 621 g/mol. The summed E-state index contributed by atoms with van der Waals surface area (Å²) in [7, 11) is 0. The first-order valence-corrected chi connectivity index (χ1v) is 16.0. The van der Waals surface area contributed by atoms with Gasteiger partial charge in [-0.05, 0) is 52.1 Å². The van der Waals surface area contributed by atoms with Crippen LogP contribution in [0.5, 0.6) is 0 Å². The number of hydrogen-bond donors (Lipinski definition) is 0. The Balaban J connectivity index is 0.000000173. The largest absolute Gasteiger partial charge is 0.176 e. The van der Waals surface area contributed by atoms with E-state index in [9.17, 15) is 0 Å². The van der Waals surface area contributed by atoms with Crippen molar-refractivity contribution >= 4 is 11.4 Å². The number of azo groups is 2. The van der Waals surface area contributed by atoms with Crippen molar-refractivity contribution in [2.75, 3.05) is 0 Å². The molecule has 7 rings (SSSR count). The Morgan fingerprint density at radius 2 is 0.604 bits per heavy atom. The van der Waals surface area contributed by atoms with E-state index in [1.54, 1.807) is 0 Å². The van der Waals surface area contributed by atoms with Gasteiger partial charge in [-0.25, -0.2) is 0 Å². The van der Waals surface area contributed by atoms with Crippen molar-refractivity contribution in [1.82, 2.24) is 0 Å². The van der Waals surface area contributed by atoms with Gasteiger partial charge in [0.2, 0.25) is 0 Å². The molecule has 0 spiro atoms. The van der Waals surface area contributed by atoms with E-state index in [2.05, 4.69) is 76.0 Å². The van der Waals surface area contributed by atoms with Gasteiger partial charge in [0.15, 0.2) is 5.54 Å². The molecular weight excluding hydrogens is 585 g/mol. The van der Waals surface area contributed by atoms with Gasteiger partial charge in [-0.15, -0.1) is 0 Å². The van der Waals surface area contributed by atoms with Gasteiger partial charge in [0.25, 0.3) is 0 Å². The average Bonchev–Trinajstić information content (AvgIpc) is 3.18. The fraction of sp³-hybridized carbons (Fsp3) is 0.0455. The highest BCUT2D eigenvalue weighted by atomic mass is 15.2. The molecule has 0 N–H and O–H groups in total. The van der Waals surface area contributed by atoms with Crippen LogP contribution in [0.2, 0.25) is 0 Å². The summed E-state index contributed by atoms with van der Waals surface area (Å²) in [4.78, 5) is 0. The Morgan fingerprint density at radius 3 is 0.958 bits per heavy atom. The first-order valence-electron chi connectivity index (χ1n) is 16.0. The molecule has 0 bridgehead atoms. The summed E-state index contributed by atoms with van der Waals surface area (Å²) in [5.41, 5.74) is 6.54. The summed E-state index contributed by atoms with van der Waals surface area (Å²) in [6, 6.07) is 71.2. The minimum absolute atomic E-state index is 0.0763. The predicted octanol–water partition coefficient (Wildman–Crippen LogP) is 12.3. The van der Waals surface area contributed by atoms with Crippen molar-refractivity contribution in [1.29, 1.82) is 0 Å². The van der Waals surface area contributed by atoms with Gasteiger partial charge in [-0.3, -0.25) is 0 Å². The summed E-state index contributed by atoms with van der Waals surface area (Å²) in [5.74, 6) is 0. The fourth-order valence-corrected chi connectivity index (χ4v) is 5.55. The van der Waals surface area contributed by atoms with E-state index in [4.69, 9.17) is 5.11 Å². The van der Waals surface area contributed by atoms with Crippen LogP contribution in [0.3, 0.4) is 0 Å². The lowest BCUT2D eigenvalue weighted by Crippen LogP contribution is -2.26. The molecule has 4 heteroatoms. The lowest BCUT2D eigenvalue weighted by Gasteiger charge is -2.30. The zero-order chi connectivity index (χ0) is 32.7. The normalized spacial score (nSPS) is 11.4. The van der Waals surface area contributed by atoms with Crippen molar-refractivity contribution in [3.05, 3.63) is 240 Å². The summed E-state index contributed by atoms with van der Waals surface area (Å²) in [6.07, 6.45) is 0. The number of nitrogens with zero attached hydrogens (tertiary/aromatic N) is 4. The van der Waals surface area contributed by atoms with Gasteiger partial charge in [0.05, 0.1) is 11.4 Å². The maximum atomic E-state index is 4.96. The number of benzene rings is 7. The topological polar surface area (TPSA) is 49.4 Å². The van der Waals surface area contributed by atoms with Crippen LogP contribution in [-0.4, -0.2) is 0 Å². The van der Waals surface area contributed by atoms with Gasteiger partial charge < -0.3 is 0 Å². The van der Waals surface area contributed by atoms with Crippen LogP contribution in [0, 0.1) is 0 Å². The molecule has 0 unspecified atom stereocenters. The van der Waals surface area contributed by atoms with Crippen molar-refractivity contribution < 1.29 is 0 Å². The Kier molecular flexibility index (Phi) is 10.8. The lowest BCUT2D eigenvalue weighted by atomic mass is 9.78. The molecule has 4 nitrogen and oxygen atoms in total. The molecule has 48 heavy (non-hydrogen) atoms. The number of hydrogen-bond acceptors (Lipinski definition) is 4. The molecule has 7 aromatic carbocycles. The highest BCUT2D eigenvalue weighted by molar-refractivity contribution is 5.50. The standard InChI is InChI=1S/C25H20N2.C19H16N2/c1-5-13-21(14-6-1)25(22-15-7-2-8-16-22,23-17-9-3-10-18-23)27-26-24-19-11-4-12-20-24;1-4-10-16(11-5-1)19(17-12-6-2-7-13-17)21-20-18-14-8-3-9-15-18/h1-20H;1-15,19H. The van der Waals surface area contributed by atoms with Crippen molar-refractivity contribution in [3.63, 3.8) is 0 Å². The zero-order valence-corrected chi connectivity index (χ0v) is 26.6. The number of rotatable bonds is 9. The molecule has 0 fully saturated rings. The second-order valence-corrected chi connectivity index (χ2v) is 11.1. The summed E-state index contributed by atoms with van der Waals surface area (Å²) >= 11 is 0. The van der Waals surface area contributed by atoms with Crippen LogP contribution >= 0.6 is 0 Å². The molecule has 7 aromatic rings. The SMILES string of the molecule is c1ccc(N=NC(c2ccccc2)(c2ccccc2)c2ccccc2)cc1.c1ccc(N=NC(c2ccccc2)c2ccccc2)cc1. The van der Waals surface area contributed by atoms with Crippen LogP contribution in [-0.2, 0) is 5.54 Å². The third kappa shape index (κ3) is 7.93. The zero-order valence-electron chi connectivity index (χ0n) is 26.6. The van der Waals surface area contributed by atoms with Gasteiger partial charge >= 0.3 is 0 Å². The minimum atomic E-state index is -0.709. The molecule has 0 saturated carbocycles. The molecular formula is C44H36N4. The van der Waals surface area contributed by atoms with E-state index in [1.165, 1.54) is 0 Å². The molecule has 0 saturated heterocycles. The van der Waals surface area contributed by atoms with E-state index in [0.29, 0.717) is 0 Å². The van der Waals surface area contributed by atoms with Gasteiger partial charge in [-0.2, -0.15) is 20.5 Å². The molecule has 232 valence electrons. The summed E-state index contributed by atoms with van der Waals surface area (Å²) in [5, 5.41) is 18.5. The Labute approximate surface area is 282 Å². The Bertz CT molecular complexity index is 1850. The van der Waals surface area contributed by atoms with Crippen LogP contribution < -0.4 is 0 Å². The molecule has 0 amide bonds. The summed E-state index contributed by atoms with van der Waals surface area (Å²) < 4.78 is 0. The molecule has 0 atom stereocenters. The maximum absolute atomic E-state index is 4.96. The lowest BCUT2D eigenvalue weighted by molar-refractivity contribution is 0.618. The van der Waals surface area contributed by atoms with Gasteiger partial charge in [-0.1, -0.05) is 188 Å². The Morgan fingerprint density at radius 1 is 0.312 bits per heavy atom. The third-order valence-corrected chi connectivity index (χ3v) is 7.92. The fourth-order valence-electron chi connectivity index (χ4n) is 5.55. The van der Waals surface area contributed by atoms with Crippen LogP contribution in [0.15, 0.2) is 233 Å². The third-order valence-electron chi connectivity index (χ3n) is 7.92. The van der Waals surface area contributed by atoms with Crippen LogP contribution in [0.1, 0.15) is 33.9 Å². The molecule has 0 heterocycles. The van der Waals surface area contributed by atoms with Crippen molar-refractivity contribution in [3.8, 4) is 0 Å². The van der Waals surface area contributed by atoms with Crippen LogP contribution in [0.25, 0.3) is 0 Å². The molecule has 0 aliphatic heterocycles. The van der Waals surface area contributed by atoms with E-state index in [-0.39, 0.29) is 6.04 Å². The highest BCUT2D eigenvalue weighted by Gasteiger charge is 2.36. The molecule has 0 aliphatic rings. The maximum Gasteiger partial charge on any atom is 0.157 e. The first-order chi connectivity index (χ1) is 23.8. The first kappa shape index (κ1) is 31.7. The predicted molar refractivity (Wildman–Crippen MR) is 196 cm³/mol. The molecule has 0 radical (unpaired) electrons. The molecule has 0 aromatic heterocycles. The minimum Gasteiger partial charge on any atom is -0.176 e. The van der Waals surface area contributed by atoms with Crippen molar-refractivity contribution in [2.24, 2.45) is 20.5 Å².